The Labute approximate surface area is 144 Å². The lowest BCUT2D eigenvalue weighted by Gasteiger charge is -2.12. The van der Waals surface area contributed by atoms with Gasteiger partial charge in [0.1, 0.15) is 6.29 Å². The first-order valence-electron chi connectivity index (χ1n) is 7.24. The molecule has 0 saturated heterocycles. The number of hydrogen-bond acceptors (Lipinski definition) is 5. The van der Waals surface area contributed by atoms with Gasteiger partial charge in [-0.25, -0.2) is 4.98 Å². The second-order valence-corrected chi connectivity index (χ2v) is 5.25. The Hall–Kier alpha value is -2.73. The first-order valence-corrected chi connectivity index (χ1v) is 7.62. The van der Waals surface area contributed by atoms with Gasteiger partial charge in [-0.1, -0.05) is 6.07 Å². The van der Waals surface area contributed by atoms with E-state index >= 15 is 0 Å². The van der Waals surface area contributed by atoms with Crippen LogP contribution in [0.2, 0.25) is 5.28 Å². The van der Waals surface area contributed by atoms with Gasteiger partial charge in [-0.3, -0.25) is 9.36 Å². The lowest BCUT2D eigenvalue weighted by molar-refractivity contribution is -0.106. The number of hydrogen-bond donors (Lipinski definition) is 1. The van der Waals surface area contributed by atoms with Crippen molar-refractivity contribution in [3.8, 4) is 5.69 Å². The van der Waals surface area contributed by atoms with Crippen LogP contribution >= 0.6 is 11.6 Å². The van der Waals surface area contributed by atoms with E-state index in [1.54, 1.807) is 12.3 Å². The van der Waals surface area contributed by atoms with E-state index < -0.39 is 0 Å². The molecule has 1 N–H and O–H groups in total. The van der Waals surface area contributed by atoms with Crippen LogP contribution in [0.15, 0.2) is 41.3 Å². The molecule has 6 nitrogen and oxygen atoms in total. The molecule has 0 aliphatic rings. The number of aromatic nitrogens is 3. The van der Waals surface area contributed by atoms with E-state index in [1.807, 2.05) is 38.2 Å². The highest BCUT2D eigenvalue weighted by Gasteiger charge is 2.11. The van der Waals surface area contributed by atoms with E-state index in [0.29, 0.717) is 5.65 Å². The number of halogens is 1. The van der Waals surface area contributed by atoms with Crippen LogP contribution in [0.25, 0.3) is 16.7 Å². The number of pyridine rings is 1. The fraction of sp³-hybridized carbons (Fsp3) is 0.176. The van der Waals surface area contributed by atoms with Crippen molar-refractivity contribution in [3.63, 3.8) is 0 Å². The van der Waals surface area contributed by atoms with Crippen LogP contribution in [0.3, 0.4) is 0 Å². The van der Waals surface area contributed by atoms with Crippen molar-refractivity contribution in [2.75, 3.05) is 12.4 Å². The highest BCUT2D eigenvalue weighted by molar-refractivity contribution is 6.28. The molecule has 0 spiro atoms. The molecule has 124 valence electrons. The van der Waals surface area contributed by atoms with Gasteiger partial charge in [0.25, 0.3) is 5.56 Å². The minimum absolute atomic E-state index is 0.117. The molecule has 3 rings (SSSR count). The highest BCUT2D eigenvalue weighted by Crippen LogP contribution is 2.20. The molecule has 7 heteroatoms. The van der Waals surface area contributed by atoms with Gasteiger partial charge < -0.3 is 10.1 Å². The fourth-order valence-corrected chi connectivity index (χ4v) is 2.41. The van der Waals surface area contributed by atoms with Crippen LogP contribution in [-0.4, -0.2) is 27.9 Å². The van der Waals surface area contributed by atoms with Crippen LogP contribution in [-0.2, 0) is 4.79 Å². The summed E-state index contributed by atoms with van der Waals surface area (Å²) in [5.41, 5.74) is 2.82. The number of rotatable bonds is 2. The highest BCUT2D eigenvalue weighted by atomic mass is 35.5. The van der Waals surface area contributed by atoms with Gasteiger partial charge in [-0.2, -0.15) is 4.98 Å². The Morgan fingerprint density at radius 1 is 1.29 bits per heavy atom. The number of aldehydes is 1. The van der Waals surface area contributed by atoms with Crippen LogP contribution in [0.4, 0.5) is 5.69 Å². The summed E-state index contributed by atoms with van der Waals surface area (Å²) in [4.78, 5) is 29.4. The van der Waals surface area contributed by atoms with E-state index in [0.717, 1.165) is 28.6 Å². The third-order valence-corrected chi connectivity index (χ3v) is 3.51. The van der Waals surface area contributed by atoms with E-state index in [-0.39, 0.29) is 10.8 Å². The molecule has 0 aliphatic heterocycles. The number of aryl methyl sites for hydroxylation is 1. The zero-order valence-electron chi connectivity index (χ0n) is 13.6. The van der Waals surface area contributed by atoms with Crippen molar-refractivity contribution in [2.45, 2.75) is 13.8 Å². The second-order valence-electron chi connectivity index (χ2n) is 4.91. The Bertz CT molecular complexity index is 938. The predicted molar refractivity (Wildman–Crippen MR) is 96.2 cm³/mol. The first-order chi connectivity index (χ1) is 11.5. The topological polar surface area (TPSA) is 76.9 Å². The number of benzene rings is 1. The van der Waals surface area contributed by atoms with E-state index in [2.05, 4.69) is 15.3 Å². The van der Waals surface area contributed by atoms with Gasteiger partial charge in [-0.15, -0.1) is 0 Å². The predicted octanol–water partition coefficient (Wildman–Crippen LogP) is 2.99. The molecule has 2 aromatic heterocycles. The Balaban J connectivity index is 0.000000647. The SMILES string of the molecule is CC=O.CNc1cccc(-n2c(=O)cc(C)c3cnc(Cl)nc32)c1. The zero-order chi connectivity index (χ0) is 17.7. The second kappa shape index (κ2) is 7.70. The number of nitrogens with one attached hydrogen (secondary N) is 1. The molecule has 2 heterocycles. The average Bonchev–Trinajstić information content (AvgIpc) is 2.55. The molecule has 0 aliphatic carbocycles. The Morgan fingerprint density at radius 2 is 2.00 bits per heavy atom. The maximum Gasteiger partial charge on any atom is 0.257 e. The standard InChI is InChI=1S/C15H13ClN4O.C2H4O/c1-9-6-13(21)20(11-5-3-4-10(7-11)17-2)14-12(9)8-18-15(16)19-14;1-2-3/h3-8,17H,1-2H3;2H,1H3. The summed E-state index contributed by atoms with van der Waals surface area (Å²) in [7, 11) is 1.83. The molecule has 0 saturated carbocycles. The molecule has 0 fully saturated rings. The van der Waals surface area contributed by atoms with E-state index in [9.17, 15) is 4.79 Å². The Kier molecular flexibility index (Phi) is 5.65. The van der Waals surface area contributed by atoms with Crippen molar-refractivity contribution < 1.29 is 4.79 Å². The van der Waals surface area contributed by atoms with Crippen molar-refractivity contribution in [3.05, 3.63) is 57.7 Å². The van der Waals surface area contributed by atoms with Crippen molar-refractivity contribution in [1.82, 2.24) is 14.5 Å². The van der Waals surface area contributed by atoms with Gasteiger partial charge in [-0.05, 0) is 49.2 Å². The molecule has 0 bridgehead atoms. The summed E-state index contributed by atoms with van der Waals surface area (Å²) in [5.74, 6) is 0. The monoisotopic (exact) mass is 344 g/mol. The molecule has 3 aromatic rings. The minimum Gasteiger partial charge on any atom is -0.388 e. The quantitative estimate of drug-likeness (QED) is 0.571. The number of anilines is 1. The summed E-state index contributed by atoms with van der Waals surface area (Å²) >= 11 is 5.89. The average molecular weight is 345 g/mol. The maximum absolute atomic E-state index is 12.4. The van der Waals surface area contributed by atoms with Crippen LogP contribution in [0, 0.1) is 6.92 Å². The van der Waals surface area contributed by atoms with Gasteiger partial charge in [0.15, 0.2) is 5.65 Å². The largest absolute Gasteiger partial charge is 0.388 e. The zero-order valence-corrected chi connectivity index (χ0v) is 14.3. The van der Waals surface area contributed by atoms with Crippen LogP contribution in [0.5, 0.6) is 0 Å². The lowest BCUT2D eigenvalue weighted by Crippen LogP contribution is -2.19. The fourth-order valence-electron chi connectivity index (χ4n) is 2.28. The normalized spacial score (nSPS) is 10.0. The smallest absolute Gasteiger partial charge is 0.257 e. The van der Waals surface area contributed by atoms with Crippen molar-refractivity contribution in [2.24, 2.45) is 0 Å². The van der Waals surface area contributed by atoms with Gasteiger partial charge in [0, 0.05) is 30.4 Å². The molecule has 24 heavy (non-hydrogen) atoms. The summed E-state index contributed by atoms with van der Waals surface area (Å²) in [5, 5.41) is 3.97. The Morgan fingerprint density at radius 3 is 2.67 bits per heavy atom. The van der Waals surface area contributed by atoms with Gasteiger partial charge >= 0.3 is 0 Å². The summed E-state index contributed by atoms with van der Waals surface area (Å²) < 4.78 is 1.54. The van der Waals surface area contributed by atoms with Crippen LogP contribution < -0.4 is 10.9 Å². The van der Waals surface area contributed by atoms with E-state index in [1.165, 1.54) is 11.5 Å². The molecular weight excluding hydrogens is 328 g/mol. The first kappa shape index (κ1) is 17.6. The van der Waals surface area contributed by atoms with Crippen molar-refractivity contribution in [1.29, 1.82) is 0 Å². The number of carbonyl (C=O) groups excluding carboxylic acids is 1. The molecular formula is C17H17ClN4O2. The summed E-state index contributed by atoms with van der Waals surface area (Å²) in [6, 6.07) is 9.11. The number of fused-ring (bicyclic) bond motifs is 1. The lowest BCUT2D eigenvalue weighted by atomic mass is 10.2. The van der Waals surface area contributed by atoms with Gasteiger partial charge in [0.2, 0.25) is 5.28 Å². The third kappa shape index (κ3) is 3.60. The molecule has 1 aromatic carbocycles. The minimum atomic E-state index is -0.150. The maximum atomic E-state index is 12.4. The van der Waals surface area contributed by atoms with Gasteiger partial charge in [0.05, 0.1) is 5.69 Å². The molecule has 0 atom stereocenters. The summed E-state index contributed by atoms with van der Waals surface area (Å²) in [6.07, 6.45) is 2.39. The van der Waals surface area contributed by atoms with Crippen molar-refractivity contribution >= 4 is 34.6 Å². The molecule has 0 unspecified atom stereocenters. The van der Waals surface area contributed by atoms with Crippen LogP contribution in [0.1, 0.15) is 12.5 Å². The molecule has 0 radical (unpaired) electrons. The summed E-state index contributed by atoms with van der Waals surface area (Å²) in [6.45, 7) is 3.30. The molecule has 0 amide bonds. The van der Waals surface area contributed by atoms with E-state index in [4.69, 9.17) is 16.4 Å². The number of nitrogens with zero attached hydrogens (tertiary/aromatic N) is 3. The third-order valence-electron chi connectivity index (χ3n) is 3.33. The number of carbonyl (C=O) groups is 1.